The molecule has 2 aliphatic rings. The lowest BCUT2D eigenvalue weighted by Crippen LogP contribution is -2.59. The summed E-state index contributed by atoms with van der Waals surface area (Å²) in [6.45, 7) is 6.73. The number of ether oxygens (including phenoxy) is 2. The number of carbonyl (C=O) groups excluding carboxylic acids is 2. The Labute approximate surface area is 203 Å². The zero-order chi connectivity index (χ0) is 23.8. The van der Waals surface area contributed by atoms with E-state index in [0.29, 0.717) is 19.6 Å². The molecule has 8 heteroatoms. The van der Waals surface area contributed by atoms with Crippen molar-refractivity contribution >= 4 is 28.0 Å². The van der Waals surface area contributed by atoms with Gasteiger partial charge in [-0.15, -0.1) is 0 Å². The number of esters is 1. The Morgan fingerprint density at radius 3 is 2.58 bits per heavy atom. The van der Waals surface area contributed by atoms with Gasteiger partial charge < -0.3 is 9.47 Å². The number of rotatable bonds is 2. The number of aromatic nitrogens is 1. The number of amides is 1. The van der Waals surface area contributed by atoms with Gasteiger partial charge in [-0.05, 0) is 72.3 Å². The molecular formula is C25H30BrN3O4. The molecule has 0 saturated carbocycles. The van der Waals surface area contributed by atoms with Crippen LogP contribution in [0.4, 0.5) is 4.79 Å². The zero-order valence-electron chi connectivity index (χ0n) is 19.5. The quantitative estimate of drug-likeness (QED) is 0.560. The van der Waals surface area contributed by atoms with Gasteiger partial charge in [0.25, 0.3) is 0 Å². The standard InChI is InChI=1S/C25H30BrN3O4/c1-25(2,3)33-24(31)29-12-11-28(15-20(29)23(30)32-4)22-19-8-6-5-7-16(19)9-10-17-13-18(26)14-27-21(17)22/h5-8,13-14,20,22H,9-12,15H2,1-4H3/t20-,22?/m1/s1. The molecule has 0 radical (unpaired) electrons. The highest BCUT2D eigenvalue weighted by Crippen LogP contribution is 2.37. The molecule has 1 aliphatic carbocycles. The summed E-state index contributed by atoms with van der Waals surface area (Å²) in [6, 6.07) is 9.69. The monoisotopic (exact) mass is 515 g/mol. The summed E-state index contributed by atoms with van der Waals surface area (Å²) in [5.41, 5.74) is 4.01. The van der Waals surface area contributed by atoms with Crippen molar-refractivity contribution in [3.63, 3.8) is 0 Å². The number of hydrogen-bond donors (Lipinski definition) is 0. The van der Waals surface area contributed by atoms with E-state index < -0.39 is 23.7 Å². The fourth-order valence-corrected chi connectivity index (χ4v) is 5.05. The number of pyridine rings is 1. The van der Waals surface area contributed by atoms with Gasteiger partial charge in [-0.3, -0.25) is 14.8 Å². The Bertz CT molecular complexity index is 1050. The second kappa shape index (κ2) is 9.43. The van der Waals surface area contributed by atoms with Crippen LogP contribution in [0.15, 0.2) is 41.0 Å². The van der Waals surface area contributed by atoms with Crippen LogP contribution in [0.25, 0.3) is 0 Å². The largest absolute Gasteiger partial charge is 0.467 e. The van der Waals surface area contributed by atoms with Crippen LogP contribution < -0.4 is 0 Å². The molecule has 2 aromatic rings. The Kier molecular flexibility index (Phi) is 6.77. The number of halogens is 1. The van der Waals surface area contributed by atoms with E-state index in [1.807, 2.05) is 33.0 Å². The summed E-state index contributed by atoms with van der Waals surface area (Å²) in [4.78, 5) is 34.2. The van der Waals surface area contributed by atoms with Gasteiger partial charge in [0.05, 0.1) is 18.8 Å². The number of fused-ring (bicyclic) bond motifs is 2. The molecule has 0 spiro atoms. The van der Waals surface area contributed by atoms with Crippen molar-refractivity contribution in [3.05, 3.63) is 63.4 Å². The van der Waals surface area contributed by atoms with Crippen LogP contribution >= 0.6 is 15.9 Å². The predicted octanol–water partition coefficient (Wildman–Crippen LogP) is 4.13. The number of nitrogens with zero attached hydrogens (tertiary/aromatic N) is 3. The van der Waals surface area contributed by atoms with E-state index >= 15 is 0 Å². The third-order valence-corrected chi connectivity index (χ3v) is 6.55. The number of aryl methyl sites for hydroxylation is 2. The molecule has 1 aliphatic heterocycles. The highest BCUT2D eigenvalue weighted by atomic mass is 79.9. The van der Waals surface area contributed by atoms with E-state index in [9.17, 15) is 9.59 Å². The molecule has 1 aromatic heterocycles. The molecule has 1 unspecified atom stereocenters. The van der Waals surface area contributed by atoms with Gasteiger partial charge in [0, 0.05) is 30.3 Å². The van der Waals surface area contributed by atoms with E-state index in [1.54, 1.807) is 0 Å². The Morgan fingerprint density at radius 1 is 1.12 bits per heavy atom. The SMILES string of the molecule is COC(=O)[C@H]1CN(C2c3ccccc3CCc3cc(Br)cnc32)CCN1C(=O)OC(C)(C)C. The molecule has 7 nitrogen and oxygen atoms in total. The van der Waals surface area contributed by atoms with Crippen molar-refractivity contribution in [1.29, 1.82) is 0 Å². The van der Waals surface area contributed by atoms with Gasteiger partial charge >= 0.3 is 12.1 Å². The normalized spacial score (nSPS) is 20.9. The first-order valence-corrected chi connectivity index (χ1v) is 12.0. The minimum Gasteiger partial charge on any atom is -0.467 e. The lowest BCUT2D eigenvalue weighted by molar-refractivity contribution is -0.149. The van der Waals surface area contributed by atoms with Crippen molar-refractivity contribution in [1.82, 2.24) is 14.8 Å². The molecule has 2 atom stereocenters. The molecule has 0 N–H and O–H groups in total. The third kappa shape index (κ3) is 5.06. The Morgan fingerprint density at radius 2 is 1.85 bits per heavy atom. The van der Waals surface area contributed by atoms with Crippen molar-refractivity contribution in [2.75, 3.05) is 26.7 Å². The highest BCUT2D eigenvalue weighted by molar-refractivity contribution is 9.10. The van der Waals surface area contributed by atoms with Gasteiger partial charge in [0.15, 0.2) is 0 Å². The summed E-state index contributed by atoms with van der Waals surface area (Å²) in [5, 5.41) is 0. The van der Waals surface area contributed by atoms with E-state index in [1.165, 1.54) is 28.7 Å². The van der Waals surface area contributed by atoms with Crippen LogP contribution in [-0.2, 0) is 27.1 Å². The van der Waals surface area contributed by atoms with Crippen LogP contribution in [0.1, 0.15) is 49.2 Å². The number of benzene rings is 1. The van der Waals surface area contributed by atoms with Gasteiger partial charge in [0.1, 0.15) is 11.6 Å². The van der Waals surface area contributed by atoms with Crippen LogP contribution in [0, 0.1) is 0 Å². The van der Waals surface area contributed by atoms with Crippen LogP contribution in [0.5, 0.6) is 0 Å². The van der Waals surface area contributed by atoms with Gasteiger partial charge in [0.2, 0.25) is 0 Å². The van der Waals surface area contributed by atoms with E-state index in [-0.39, 0.29) is 6.04 Å². The molecule has 33 heavy (non-hydrogen) atoms. The van der Waals surface area contributed by atoms with Crippen LogP contribution in [-0.4, -0.2) is 65.2 Å². The summed E-state index contributed by atoms with van der Waals surface area (Å²) < 4.78 is 11.6. The van der Waals surface area contributed by atoms with Crippen molar-refractivity contribution in [2.24, 2.45) is 0 Å². The lowest BCUT2D eigenvalue weighted by atomic mass is 9.95. The van der Waals surface area contributed by atoms with E-state index in [0.717, 1.165) is 23.0 Å². The Hall–Kier alpha value is -2.45. The van der Waals surface area contributed by atoms with Crippen molar-refractivity contribution in [3.8, 4) is 0 Å². The average molecular weight is 516 g/mol. The third-order valence-electron chi connectivity index (χ3n) is 6.12. The number of piperazine rings is 1. The molecule has 176 valence electrons. The maximum atomic E-state index is 12.9. The van der Waals surface area contributed by atoms with Gasteiger partial charge in [-0.1, -0.05) is 24.3 Å². The smallest absolute Gasteiger partial charge is 0.411 e. The summed E-state index contributed by atoms with van der Waals surface area (Å²) >= 11 is 3.56. The Balaban J connectivity index is 1.71. The topological polar surface area (TPSA) is 72.0 Å². The van der Waals surface area contributed by atoms with Gasteiger partial charge in [-0.2, -0.15) is 0 Å². The minimum atomic E-state index is -0.757. The second-order valence-electron chi connectivity index (χ2n) is 9.51. The molecular weight excluding hydrogens is 486 g/mol. The molecule has 0 bridgehead atoms. The lowest BCUT2D eigenvalue weighted by Gasteiger charge is -2.43. The molecule has 1 saturated heterocycles. The summed E-state index contributed by atoms with van der Waals surface area (Å²) in [5.74, 6) is -0.448. The number of methoxy groups -OCH3 is 1. The maximum Gasteiger partial charge on any atom is 0.411 e. The predicted molar refractivity (Wildman–Crippen MR) is 128 cm³/mol. The molecule has 1 aromatic carbocycles. The van der Waals surface area contributed by atoms with E-state index in [2.05, 4.69) is 45.1 Å². The van der Waals surface area contributed by atoms with Gasteiger partial charge in [-0.25, -0.2) is 9.59 Å². The maximum absolute atomic E-state index is 12.9. The number of hydrogen-bond acceptors (Lipinski definition) is 6. The first-order chi connectivity index (χ1) is 15.7. The molecule has 4 rings (SSSR count). The summed E-state index contributed by atoms with van der Waals surface area (Å²) in [6.07, 6.45) is 3.15. The molecule has 1 fully saturated rings. The first-order valence-electron chi connectivity index (χ1n) is 11.2. The van der Waals surface area contributed by atoms with Crippen LogP contribution in [0.2, 0.25) is 0 Å². The highest BCUT2D eigenvalue weighted by Gasteiger charge is 2.42. The number of carbonyl (C=O) groups is 2. The minimum absolute atomic E-state index is 0.111. The average Bonchev–Trinajstić information content (AvgIpc) is 2.93. The fourth-order valence-electron chi connectivity index (χ4n) is 4.67. The van der Waals surface area contributed by atoms with Crippen LogP contribution in [0.3, 0.4) is 0 Å². The van der Waals surface area contributed by atoms with Crippen molar-refractivity contribution < 1.29 is 19.1 Å². The second-order valence-corrected chi connectivity index (χ2v) is 10.4. The fraction of sp³-hybridized carbons (Fsp3) is 0.480. The molecule has 2 heterocycles. The zero-order valence-corrected chi connectivity index (χ0v) is 21.1. The molecule has 1 amide bonds. The first kappa shape index (κ1) is 23.7. The van der Waals surface area contributed by atoms with Crippen molar-refractivity contribution in [2.45, 2.75) is 51.3 Å². The van der Waals surface area contributed by atoms with E-state index in [4.69, 9.17) is 14.5 Å². The summed E-state index contributed by atoms with van der Waals surface area (Å²) in [7, 11) is 1.35.